The first-order valence-electron chi connectivity index (χ1n) is 3.96. The van der Waals surface area contributed by atoms with Crippen molar-refractivity contribution in [2.75, 3.05) is 5.75 Å². The van der Waals surface area contributed by atoms with Crippen molar-refractivity contribution >= 4 is 24.4 Å². The van der Waals surface area contributed by atoms with Crippen LogP contribution in [0.4, 0.5) is 0 Å². The van der Waals surface area contributed by atoms with E-state index in [1.54, 1.807) is 12.4 Å². The number of hydrogen-bond acceptors (Lipinski definition) is 3. The number of rotatable bonds is 2. The Labute approximate surface area is 81.5 Å². The zero-order valence-corrected chi connectivity index (χ0v) is 7.85. The lowest BCUT2D eigenvalue weighted by molar-refractivity contribution is 1.11. The lowest BCUT2D eigenvalue weighted by Crippen LogP contribution is -1.86. The highest BCUT2D eigenvalue weighted by Crippen LogP contribution is 2.06. The van der Waals surface area contributed by atoms with Crippen LogP contribution < -0.4 is 0 Å². The van der Waals surface area contributed by atoms with E-state index < -0.39 is 0 Å². The van der Waals surface area contributed by atoms with E-state index in [0.29, 0.717) is 0 Å². The standard InChI is InChI=1S/C9H9N3S/c13-5-1-2-8-6-11-9-7-10-3-4-12(8)9/h1-4,6-7,13H,5H2. The molecule has 0 amide bonds. The normalized spacial score (nSPS) is 11.5. The van der Waals surface area contributed by atoms with Gasteiger partial charge in [-0.1, -0.05) is 6.08 Å². The van der Waals surface area contributed by atoms with Crippen LogP contribution in [-0.2, 0) is 0 Å². The fourth-order valence-electron chi connectivity index (χ4n) is 1.16. The molecule has 0 radical (unpaired) electrons. The summed E-state index contributed by atoms with van der Waals surface area (Å²) in [7, 11) is 0. The van der Waals surface area contributed by atoms with Crippen molar-refractivity contribution in [3.05, 3.63) is 36.6 Å². The lowest BCUT2D eigenvalue weighted by atomic mass is 10.4. The van der Waals surface area contributed by atoms with E-state index in [4.69, 9.17) is 0 Å². The first-order valence-corrected chi connectivity index (χ1v) is 4.59. The second-order valence-corrected chi connectivity index (χ2v) is 2.94. The second kappa shape index (κ2) is 3.62. The molecule has 2 rings (SSSR count). The molecular formula is C9H9N3S. The van der Waals surface area contributed by atoms with Gasteiger partial charge in [0.2, 0.25) is 0 Å². The van der Waals surface area contributed by atoms with Gasteiger partial charge in [0.15, 0.2) is 5.65 Å². The molecule has 4 heteroatoms. The average molecular weight is 191 g/mol. The molecule has 2 heterocycles. The van der Waals surface area contributed by atoms with Gasteiger partial charge in [-0.15, -0.1) is 0 Å². The van der Waals surface area contributed by atoms with Crippen molar-refractivity contribution in [3.8, 4) is 0 Å². The third kappa shape index (κ3) is 1.58. The van der Waals surface area contributed by atoms with Crippen molar-refractivity contribution in [1.82, 2.24) is 14.4 Å². The molecule has 0 aromatic carbocycles. The predicted octanol–water partition coefficient (Wildman–Crippen LogP) is 1.67. The maximum absolute atomic E-state index is 4.20. The SMILES string of the molecule is SCC=Cc1cnc2cnccn12. The Hall–Kier alpha value is -1.29. The summed E-state index contributed by atoms with van der Waals surface area (Å²) >= 11 is 4.10. The van der Waals surface area contributed by atoms with Gasteiger partial charge >= 0.3 is 0 Å². The first kappa shape index (κ1) is 8.31. The Bertz CT molecular complexity index is 433. The van der Waals surface area contributed by atoms with Crippen LogP contribution in [0.25, 0.3) is 11.7 Å². The van der Waals surface area contributed by atoms with Gasteiger partial charge in [-0.25, -0.2) is 4.98 Å². The fraction of sp³-hybridized carbons (Fsp3) is 0.111. The maximum atomic E-state index is 4.20. The lowest BCUT2D eigenvalue weighted by Gasteiger charge is -1.93. The van der Waals surface area contributed by atoms with Gasteiger partial charge < -0.3 is 0 Å². The third-order valence-electron chi connectivity index (χ3n) is 1.74. The van der Waals surface area contributed by atoms with Crippen LogP contribution >= 0.6 is 12.6 Å². The molecule has 2 aromatic heterocycles. The number of nitrogens with zero attached hydrogens (tertiary/aromatic N) is 3. The summed E-state index contributed by atoms with van der Waals surface area (Å²) in [5.41, 5.74) is 1.91. The monoisotopic (exact) mass is 191 g/mol. The molecule has 0 atom stereocenters. The van der Waals surface area contributed by atoms with E-state index in [1.165, 1.54) is 0 Å². The molecule has 13 heavy (non-hydrogen) atoms. The predicted molar refractivity (Wildman–Crippen MR) is 55.9 cm³/mol. The molecule has 0 saturated carbocycles. The van der Waals surface area contributed by atoms with Crippen molar-refractivity contribution < 1.29 is 0 Å². The summed E-state index contributed by atoms with van der Waals surface area (Å²) in [5.74, 6) is 0.734. The van der Waals surface area contributed by atoms with E-state index in [-0.39, 0.29) is 0 Å². The van der Waals surface area contributed by atoms with Crippen molar-refractivity contribution in [2.24, 2.45) is 0 Å². The van der Waals surface area contributed by atoms with Crippen LogP contribution in [-0.4, -0.2) is 20.1 Å². The summed E-state index contributed by atoms with van der Waals surface area (Å²) in [6.07, 6.45) is 11.2. The summed E-state index contributed by atoms with van der Waals surface area (Å²) in [6.45, 7) is 0. The van der Waals surface area contributed by atoms with Gasteiger partial charge in [-0.05, 0) is 6.08 Å². The van der Waals surface area contributed by atoms with Crippen molar-refractivity contribution in [1.29, 1.82) is 0 Å². The van der Waals surface area contributed by atoms with E-state index in [0.717, 1.165) is 17.1 Å². The van der Waals surface area contributed by atoms with E-state index in [1.807, 2.05) is 28.9 Å². The van der Waals surface area contributed by atoms with Crippen LogP contribution in [0.3, 0.4) is 0 Å². The van der Waals surface area contributed by atoms with Crippen LogP contribution in [0.2, 0.25) is 0 Å². The van der Waals surface area contributed by atoms with E-state index in [2.05, 4.69) is 22.6 Å². The minimum Gasteiger partial charge on any atom is -0.297 e. The highest BCUT2D eigenvalue weighted by Gasteiger charge is 1.97. The molecule has 0 N–H and O–H groups in total. The number of imidazole rings is 1. The molecule has 0 saturated heterocycles. The Morgan fingerprint density at radius 1 is 1.46 bits per heavy atom. The number of thiol groups is 1. The van der Waals surface area contributed by atoms with Crippen LogP contribution in [0.15, 0.2) is 30.9 Å². The summed E-state index contributed by atoms with van der Waals surface area (Å²) < 4.78 is 1.98. The summed E-state index contributed by atoms with van der Waals surface area (Å²) in [5, 5.41) is 0. The van der Waals surface area contributed by atoms with Gasteiger partial charge in [0.05, 0.1) is 18.1 Å². The number of fused-ring (bicyclic) bond motifs is 1. The van der Waals surface area contributed by atoms with Crippen molar-refractivity contribution in [3.63, 3.8) is 0 Å². The van der Waals surface area contributed by atoms with Crippen LogP contribution in [0, 0.1) is 0 Å². The van der Waals surface area contributed by atoms with E-state index in [9.17, 15) is 0 Å². The maximum Gasteiger partial charge on any atom is 0.155 e. The Morgan fingerprint density at radius 2 is 2.38 bits per heavy atom. The molecule has 0 aliphatic carbocycles. The second-order valence-electron chi connectivity index (χ2n) is 2.57. The van der Waals surface area contributed by atoms with E-state index >= 15 is 0 Å². The zero-order chi connectivity index (χ0) is 9.10. The Balaban J connectivity index is 2.52. The molecule has 66 valence electrons. The number of aromatic nitrogens is 3. The number of hydrogen-bond donors (Lipinski definition) is 1. The molecule has 0 aliphatic heterocycles. The molecule has 0 spiro atoms. The molecule has 2 aromatic rings. The van der Waals surface area contributed by atoms with Crippen molar-refractivity contribution in [2.45, 2.75) is 0 Å². The topological polar surface area (TPSA) is 30.2 Å². The zero-order valence-electron chi connectivity index (χ0n) is 6.96. The largest absolute Gasteiger partial charge is 0.297 e. The van der Waals surface area contributed by atoms with Crippen LogP contribution in [0.1, 0.15) is 5.69 Å². The molecular weight excluding hydrogens is 182 g/mol. The average Bonchev–Trinajstić information content (AvgIpc) is 2.58. The van der Waals surface area contributed by atoms with Crippen LogP contribution in [0.5, 0.6) is 0 Å². The fourth-order valence-corrected chi connectivity index (χ4v) is 1.26. The molecule has 3 nitrogen and oxygen atoms in total. The minimum absolute atomic E-state index is 0.734. The minimum atomic E-state index is 0.734. The Kier molecular flexibility index (Phi) is 2.31. The highest BCUT2D eigenvalue weighted by molar-refractivity contribution is 7.80. The Morgan fingerprint density at radius 3 is 3.23 bits per heavy atom. The van der Waals surface area contributed by atoms with Gasteiger partial charge in [-0.3, -0.25) is 9.38 Å². The van der Waals surface area contributed by atoms with Gasteiger partial charge in [-0.2, -0.15) is 12.6 Å². The van der Waals surface area contributed by atoms with Gasteiger partial charge in [0.25, 0.3) is 0 Å². The molecule has 0 bridgehead atoms. The third-order valence-corrected chi connectivity index (χ3v) is 1.95. The molecule has 0 unspecified atom stereocenters. The van der Waals surface area contributed by atoms with Gasteiger partial charge in [0, 0.05) is 18.1 Å². The summed E-state index contributed by atoms with van der Waals surface area (Å²) in [6, 6.07) is 0. The molecule has 0 fully saturated rings. The van der Waals surface area contributed by atoms with Gasteiger partial charge in [0.1, 0.15) is 0 Å². The highest BCUT2D eigenvalue weighted by atomic mass is 32.1. The quantitative estimate of drug-likeness (QED) is 0.732. The smallest absolute Gasteiger partial charge is 0.155 e. The first-order chi connectivity index (χ1) is 6.42. The summed E-state index contributed by atoms with van der Waals surface area (Å²) in [4.78, 5) is 8.18. The molecule has 0 aliphatic rings.